The lowest BCUT2D eigenvalue weighted by Crippen LogP contribution is -2.42. The van der Waals surface area contributed by atoms with Crippen molar-refractivity contribution < 1.29 is 17.9 Å². The van der Waals surface area contributed by atoms with Gasteiger partial charge in [-0.15, -0.1) is 0 Å². The normalized spacial score (nSPS) is 18.1. The summed E-state index contributed by atoms with van der Waals surface area (Å²) < 4.78 is 31.6. The predicted molar refractivity (Wildman–Crippen MR) is 93.7 cm³/mol. The molecular formula is C18H20N2O4S. The molecule has 132 valence electrons. The zero-order chi connectivity index (χ0) is 17.9. The molecule has 0 aromatic heterocycles. The fourth-order valence-corrected chi connectivity index (χ4v) is 3.51. The van der Waals surface area contributed by atoms with Gasteiger partial charge in [-0.1, -0.05) is 30.3 Å². The van der Waals surface area contributed by atoms with E-state index in [9.17, 15) is 13.2 Å². The van der Waals surface area contributed by atoms with E-state index >= 15 is 0 Å². The number of rotatable bonds is 4. The number of sulfonamides is 1. The fraction of sp³-hybridized carbons (Fsp3) is 0.278. The van der Waals surface area contributed by atoms with Crippen molar-refractivity contribution in [2.24, 2.45) is 0 Å². The van der Waals surface area contributed by atoms with Crippen LogP contribution < -0.4 is 4.72 Å². The first-order chi connectivity index (χ1) is 12.0. The van der Waals surface area contributed by atoms with Crippen molar-refractivity contribution in [3.63, 3.8) is 0 Å². The highest BCUT2D eigenvalue weighted by Crippen LogP contribution is 2.23. The molecule has 2 aromatic carbocycles. The Kier molecular flexibility index (Phi) is 5.17. The van der Waals surface area contributed by atoms with Crippen LogP contribution in [0.4, 0.5) is 0 Å². The smallest absolute Gasteiger partial charge is 0.254 e. The Bertz CT molecular complexity index is 835. The number of nitrogens with one attached hydrogen (secondary N) is 1. The second-order valence-corrected chi connectivity index (χ2v) is 7.64. The summed E-state index contributed by atoms with van der Waals surface area (Å²) in [6.45, 7) is 1.45. The summed E-state index contributed by atoms with van der Waals surface area (Å²) in [7, 11) is -2.15. The molecular weight excluding hydrogens is 340 g/mol. The SMILES string of the molecule is CNS(=O)(=O)c1ccc(C(=O)N2CCO[C@@H](c3ccccc3)C2)cc1. The van der Waals surface area contributed by atoms with Gasteiger partial charge in [-0.25, -0.2) is 13.1 Å². The first-order valence-corrected chi connectivity index (χ1v) is 9.49. The summed E-state index contributed by atoms with van der Waals surface area (Å²) in [5, 5.41) is 0. The Labute approximate surface area is 147 Å². The van der Waals surface area contributed by atoms with E-state index in [1.807, 2.05) is 30.3 Å². The molecule has 25 heavy (non-hydrogen) atoms. The minimum atomic E-state index is -3.51. The highest BCUT2D eigenvalue weighted by atomic mass is 32.2. The van der Waals surface area contributed by atoms with Crippen molar-refractivity contribution in [1.82, 2.24) is 9.62 Å². The Hall–Kier alpha value is -2.22. The van der Waals surface area contributed by atoms with Crippen LogP contribution in [0, 0.1) is 0 Å². The van der Waals surface area contributed by atoms with Crippen LogP contribution in [-0.4, -0.2) is 46.0 Å². The Morgan fingerprint density at radius 1 is 1.12 bits per heavy atom. The van der Waals surface area contributed by atoms with Gasteiger partial charge < -0.3 is 9.64 Å². The third-order valence-corrected chi connectivity index (χ3v) is 5.64. The molecule has 0 spiro atoms. The number of morpholine rings is 1. The van der Waals surface area contributed by atoms with Crippen LogP contribution in [0.1, 0.15) is 22.0 Å². The van der Waals surface area contributed by atoms with Gasteiger partial charge in [-0.05, 0) is 36.9 Å². The molecule has 1 amide bonds. The maximum absolute atomic E-state index is 12.7. The molecule has 0 radical (unpaired) electrons. The van der Waals surface area contributed by atoms with Gasteiger partial charge in [0.2, 0.25) is 10.0 Å². The highest BCUT2D eigenvalue weighted by molar-refractivity contribution is 7.89. The lowest BCUT2D eigenvalue weighted by Gasteiger charge is -2.33. The van der Waals surface area contributed by atoms with Crippen LogP contribution in [0.25, 0.3) is 0 Å². The van der Waals surface area contributed by atoms with Gasteiger partial charge in [0.15, 0.2) is 0 Å². The van der Waals surface area contributed by atoms with Crippen LogP contribution in [-0.2, 0) is 14.8 Å². The number of ether oxygens (including phenoxy) is 1. The van der Waals surface area contributed by atoms with Crippen molar-refractivity contribution in [2.45, 2.75) is 11.0 Å². The van der Waals surface area contributed by atoms with Gasteiger partial charge in [0.25, 0.3) is 5.91 Å². The van der Waals surface area contributed by atoms with Crippen LogP contribution in [0.3, 0.4) is 0 Å². The summed E-state index contributed by atoms with van der Waals surface area (Å²) in [6, 6.07) is 15.8. The number of benzene rings is 2. The molecule has 1 N–H and O–H groups in total. The van der Waals surface area contributed by atoms with Crippen LogP contribution in [0.15, 0.2) is 59.5 Å². The first kappa shape index (κ1) is 17.6. The number of hydrogen-bond donors (Lipinski definition) is 1. The molecule has 1 atom stereocenters. The van der Waals surface area contributed by atoms with Crippen LogP contribution in [0.5, 0.6) is 0 Å². The van der Waals surface area contributed by atoms with Gasteiger partial charge in [0.1, 0.15) is 6.10 Å². The van der Waals surface area contributed by atoms with Crippen LogP contribution in [0.2, 0.25) is 0 Å². The first-order valence-electron chi connectivity index (χ1n) is 8.01. The largest absolute Gasteiger partial charge is 0.370 e. The zero-order valence-corrected chi connectivity index (χ0v) is 14.7. The third-order valence-electron chi connectivity index (χ3n) is 4.21. The Morgan fingerprint density at radius 3 is 2.44 bits per heavy atom. The molecule has 6 nitrogen and oxygen atoms in total. The van der Waals surface area contributed by atoms with E-state index in [0.717, 1.165) is 5.56 Å². The molecule has 1 fully saturated rings. The van der Waals surface area contributed by atoms with E-state index in [-0.39, 0.29) is 16.9 Å². The van der Waals surface area contributed by atoms with Gasteiger partial charge in [0.05, 0.1) is 18.0 Å². The molecule has 1 saturated heterocycles. The summed E-state index contributed by atoms with van der Waals surface area (Å²) >= 11 is 0. The second-order valence-electron chi connectivity index (χ2n) is 5.75. The average molecular weight is 360 g/mol. The summed E-state index contributed by atoms with van der Waals surface area (Å²) in [6.07, 6.45) is -0.150. The maximum atomic E-state index is 12.7. The average Bonchev–Trinajstić information content (AvgIpc) is 2.68. The molecule has 1 aliphatic rings. The van der Waals surface area contributed by atoms with Gasteiger partial charge in [0, 0.05) is 12.1 Å². The van der Waals surface area contributed by atoms with E-state index in [1.54, 1.807) is 17.0 Å². The van der Waals surface area contributed by atoms with E-state index in [0.29, 0.717) is 25.3 Å². The number of nitrogens with zero attached hydrogens (tertiary/aromatic N) is 1. The van der Waals surface area contributed by atoms with Crippen molar-refractivity contribution in [3.8, 4) is 0 Å². The predicted octanol–water partition coefficient (Wildman–Crippen LogP) is 1.81. The molecule has 2 aromatic rings. The molecule has 0 unspecified atom stereocenters. The number of carbonyl (C=O) groups is 1. The standard InChI is InChI=1S/C18H20N2O4S/c1-19-25(22,23)16-9-7-15(8-10-16)18(21)20-11-12-24-17(13-20)14-5-3-2-4-6-14/h2-10,17,19H,11-13H2,1H3/t17-/m1/s1. The van der Waals surface area contributed by atoms with E-state index in [1.165, 1.54) is 19.2 Å². The second kappa shape index (κ2) is 7.35. The monoisotopic (exact) mass is 360 g/mol. The van der Waals surface area contributed by atoms with Crippen molar-refractivity contribution in [2.75, 3.05) is 26.7 Å². The summed E-state index contributed by atoms with van der Waals surface area (Å²) in [5.41, 5.74) is 1.50. The highest BCUT2D eigenvalue weighted by Gasteiger charge is 2.26. The van der Waals surface area contributed by atoms with Crippen molar-refractivity contribution in [3.05, 3.63) is 65.7 Å². The molecule has 1 heterocycles. The Morgan fingerprint density at radius 2 is 1.80 bits per heavy atom. The van der Waals surface area contributed by atoms with Crippen molar-refractivity contribution >= 4 is 15.9 Å². The van der Waals surface area contributed by atoms with Gasteiger partial charge in [-0.3, -0.25) is 4.79 Å². The molecule has 1 aliphatic heterocycles. The van der Waals surface area contributed by atoms with E-state index in [4.69, 9.17) is 4.74 Å². The maximum Gasteiger partial charge on any atom is 0.254 e. The molecule has 0 bridgehead atoms. The lowest BCUT2D eigenvalue weighted by molar-refractivity contribution is -0.0228. The van der Waals surface area contributed by atoms with E-state index in [2.05, 4.69) is 4.72 Å². The topological polar surface area (TPSA) is 75.7 Å². The third kappa shape index (κ3) is 3.89. The minimum absolute atomic E-state index is 0.127. The summed E-state index contributed by atoms with van der Waals surface area (Å²) in [5.74, 6) is -0.127. The fourth-order valence-electron chi connectivity index (χ4n) is 2.78. The number of hydrogen-bond acceptors (Lipinski definition) is 4. The molecule has 0 aliphatic carbocycles. The lowest BCUT2D eigenvalue weighted by atomic mass is 10.1. The van der Waals surface area contributed by atoms with E-state index < -0.39 is 10.0 Å². The number of amides is 1. The molecule has 3 rings (SSSR count). The summed E-state index contributed by atoms with van der Waals surface area (Å²) in [4.78, 5) is 14.6. The molecule has 0 saturated carbocycles. The van der Waals surface area contributed by atoms with Gasteiger partial charge in [-0.2, -0.15) is 0 Å². The molecule has 7 heteroatoms. The van der Waals surface area contributed by atoms with Crippen LogP contribution >= 0.6 is 0 Å². The van der Waals surface area contributed by atoms with Crippen molar-refractivity contribution in [1.29, 1.82) is 0 Å². The minimum Gasteiger partial charge on any atom is -0.370 e. The Balaban J connectivity index is 1.74. The zero-order valence-electron chi connectivity index (χ0n) is 13.9. The number of carbonyl (C=O) groups excluding carboxylic acids is 1. The quantitative estimate of drug-likeness (QED) is 0.902. The van der Waals surface area contributed by atoms with Gasteiger partial charge >= 0.3 is 0 Å².